The van der Waals surface area contributed by atoms with Crippen molar-refractivity contribution in [1.82, 2.24) is 9.88 Å². The van der Waals surface area contributed by atoms with Crippen molar-refractivity contribution in [1.29, 1.82) is 0 Å². The molecule has 0 fully saturated rings. The van der Waals surface area contributed by atoms with E-state index in [1.54, 1.807) is 0 Å². The maximum atomic E-state index is 12.6. The molecular formula is C21H30N2O2. The third-order valence-corrected chi connectivity index (χ3v) is 5.36. The number of rotatable bonds is 7. The number of aryl methyl sites for hydroxylation is 1. The van der Waals surface area contributed by atoms with Gasteiger partial charge in [-0.3, -0.25) is 0 Å². The summed E-state index contributed by atoms with van der Waals surface area (Å²) >= 11 is 0. The summed E-state index contributed by atoms with van der Waals surface area (Å²) in [5, 5.41) is 1.07. The normalized spacial score (nSPS) is 17.0. The molecule has 1 unspecified atom stereocenters. The molecule has 3 rings (SSSR count). The number of carbonyl (C=O) groups excluding carboxylic acids is 1. The predicted octanol–water partition coefficient (Wildman–Crippen LogP) is 4.32. The van der Waals surface area contributed by atoms with Gasteiger partial charge in [0.05, 0.1) is 12.2 Å². The predicted molar refractivity (Wildman–Crippen MR) is 102 cm³/mol. The molecule has 1 heterocycles. The van der Waals surface area contributed by atoms with Gasteiger partial charge < -0.3 is 14.6 Å². The Kier molecular flexibility index (Phi) is 5.79. The maximum Gasteiger partial charge on any atom is 0.338 e. The molecule has 0 saturated heterocycles. The molecule has 1 aliphatic carbocycles. The van der Waals surface area contributed by atoms with Crippen LogP contribution in [0.1, 0.15) is 60.6 Å². The van der Waals surface area contributed by atoms with E-state index in [-0.39, 0.29) is 5.97 Å². The number of likely N-dealkylation sites (N-methyl/N-ethyl adjacent to an activating group) is 1. The van der Waals surface area contributed by atoms with Gasteiger partial charge in [-0.15, -0.1) is 0 Å². The number of hydrogen-bond acceptors (Lipinski definition) is 3. The molecule has 2 aromatic rings. The van der Waals surface area contributed by atoms with Crippen molar-refractivity contribution in [3.05, 3.63) is 35.0 Å². The van der Waals surface area contributed by atoms with Crippen LogP contribution in [0.5, 0.6) is 0 Å². The summed E-state index contributed by atoms with van der Waals surface area (Å²) in [7, 11) is 4.27. The van der Waals surface area contributed by atoms with Crippen molar-refractivity contribution in [2.24, 2.45) is 0 Å². The second-order valence-corrected chi connectivity index (χ2v) is 7.37. The van der Waals surface area contributed by atoms with Crippen molar-refractivity contribution in [3.8, 4) is 0 Å². The van der Waals surface area contributed by atoms with E-state index in [1.165, 1.54) is 24.1 Å². The van der Waals surface area contributed by atoms with Crippen molar-refractivity contribution in [3.63, 3.8) is 0 Å². The molecule has 136 valence electrons. The first-order chi connectivity index (χ1) is 12.1. The highest BCUT2D eigenvalue weighted by atomic mass is 16.5. The van der Waals surface area contributed by atoms with E-state index in [2.05, 4.69) is 37.0 Å². The van der Waals surface area contributed by atoms with Gasteiger partial charge in [-0.1, -0.05) is 32.3 Å². The number of esters is 1. The van der Waals surface area contributed by atoms with Crippen LogP contribution < -0.4 is 0 Å². The molecule has 4 nitrogen and oxygen atoms in total. The number of benzene rings is 1. The molecule has 1 N–H and O–H groups in total. The Hall–Kier alpha value is -1.81. The lowest BCUT2D eigenvalue weighted by Crippen LogP contribution is -2.33. The first kappa shape index (κ1) is 18.0. The second kappa shape index (κ2) is 8.05. The highest BCUT2D eigenvalue weighted by Gasteiger charge is 2.26. The zero-order valence-electron chi connectivity index (χ0n) is 15.7. The Bertz CT molecular complexity index is 733. The first-order valence-corrected chi connectivity index (χ1v) is 9.57. The van der Waals surface area contributed by atoms with Gasteiger partial charge in [-0.25, -0.2) is 4.79 Å². The van der Waals surface area contributed by atoms with Crippen molar-refractivity contribution >= 4 is 16.9 Å². The number of unbranched alkanes of at least 4 members (excludes halogenated alkanes) is 3. The number of fused-ring (bicyclic) bond motifs is 3. The number of carbonyl (C=O) groups is 1. The average molecular weight is 342 g/mol. The van der Waals surface area contributed by atoms with Crippen molar-refractivity contribution < 1.29 is 9.53 Å². The number of nitrogens with zero attached hydrogens (tertiary/aromatic N) is 1. The molecule has 0 radical (unpaired) electrons. The summed E-state index contributed by atoms with van der Waals surface area (Å²) in [6, 6.07) is 6.45. The van der Waals surface area contributed by atoms with E-state index in [4.69, 9.17) is 4.74 Å². The zero-order chi connectivity index (χ0) is 17.8. The second-order valence-electron chi connectivity index (χ2n) is 7.37. The molecule has 0 bridgehead atoms. The molecule has 1 aliphatic rings. The minimum Gasteiger partial charge on any atom is -0.462 e. The van der Waals surface area contributed by atoms with Crippen LogP contribution >= 0.6 is 0 Å². The number of hydrogen-bond donors (Lipinski definition) is 1. The molecular weight excluding hydrogens is 312 g/mol. The molecule has 25 heavy (non-hydrogen) atoms. The van der Waals surface area contributed by atoms with Gasteiger partial charge in [0.2, 0.25) is 0 Å². The Morgan fingerprint density at radius 2 is 2.12 bits per heavy atom. The van der Waals surface area contributed by atoms with Crippen LogP contribution in [0.4, 0.5) is 0 Å². The third kappa shape index (κ3) is 3.90. The fourth-order valence-electron chi connectivity index (χ4n) is 3.84. The molecule has 4 heteroatoms. The van der Waals surface area contributed by atoms with Gasteiger partial charge >= 0.3 is 5.97 Å². The van der Waals surface area contributed by atoms with Gasteiger partial charge in [-0.2, -0.15) is 0 Å². The highest BCUT2D eigenvalue weighted by Crippen LogP contribution is 2.33. The van der Waals surface area contributed by atoms with E-state index in [9.17, 15) is 4.79 Å². The number of nitrogens with one attached hydrogen (secondary N) is 1. The third-order valence-electron chi connectivity index (χ3n) is 5.36. The van der Waals surface area contributed by atoms with E-state index >= 15 is 0 Å². The summed E-state index contributed by atoms with van der Waals surface area (Å²) in [6.07, 6.45) is 7.65. The number of aromatic amines is 1. The molecule has 1 aromatic carbocycles. The molecule has 1 atom stereocenters. The minimum atomic E-state index is -0.184. The SMILES string of the molecule is CCCCCCOC(=O)c1cccc2[nH]c3c(c12)CC(N(C)C)CC3. The van der Waals surface area contributed by atoms with Crippen LogP contribution in [0, 0.1) is 0 Å². The smallest absolute Gasteiger partial charge is 0.338 e. The van der Waals surface area contributed by atoms with E-state index in [0.717, 1.165) is 43.0 Å². The van der Waals surface area contributed by atoms with Crippen LogP contribution in [-0.4, -0.2) is 42.6 Å². The largest absolute Gasteiger partial charge is 0.462 e. The summed E-state index contributed by atoms with van der Waals surface area (Å²) in [5.41, 5.74) is 4.37. The minimum absolute atomic E-state index is 0.184. The lowest BCUT2D eigenvalue weighted by molar-refractivity contribution is 0.0500. The molecule has 1 aromatic heterocycles. The van der Waals surface area contributed by atoms with Gasteiger partial charge in [0, 0.05) is 22.6 Å². The summed E-state index contributed by atoms with van der Waals surface area (Å²) in [5.74, 6) is -0.184. The maximum absolute atomic E-state index is 12.6. The Labute approximate surface area is 150 Å². The van der Waals surface area contributed by atoms with Crippen LogP contribution in [0.3, 0.4) is 0 Å². The lowest BCUT2D eigenvalue weighted by Gasteiger charge is -2.28. The number of ether oxygens (including phenoxy) is 1. The van der Waals surface area contributed by atoms with Crippen molar-refractivity contribution in [2.45, 2.75) is 57.9 Å². The van der Waals surface area contributed by atoms with Gasteiger partial charge in [0.25, 0.3) is 0 Å². The van der Waals surface area contributed by atoms with Gasteiger partial charge in [-0.05, 0) is 57.5 Å². The van der Waals surface area contributed by atoms with Gasteiger partial charge in [0.1, 0.15) is 0 Å². The van der Waals surface area contributed by atoms with E-state index in [1.807, 2.05) is 12.1 Å². The van der Waals surface area contributed by atoms with Crippen LogP contribution in [0.15, 0.2) is 18.2 Å². The summed E-state index contributed by atoms with van der Waals surface area (Å²) in [4.78, 5) is 18.5. The Balaban J connectivity index is 1.82. The van der Waals surface area contributed by atoms with Crippen LogP contribution in [-0.2, 0) is 17.6 Å². The molecule has 0 amide bonds. The van der Waals surface area contributed by atoms with E-state index < -0.39 is 0 Å². The van der Waals surface area contributed by atoms with Crippen LogP contribution in [0.25, 0.3) is 10.9 Å². The number of H-pyrrole nitrogens is 1. The topological polar surface area (TPSA) is 45.3 Å². The number of aromatic nitrogens is 1. The quantitative estimate of drug-likeness (QED) is 0.602. The monoisotopic (exact) mass is 342 g/mol. The summed E-state index contributed by atoms with van der Waals surface area (Å²) < 4.78 is 5.55. The fourth-order valence-corrected chi connectivity index (χ4v) is 3.84. The lowest BCUT2D eigenvalue weighted by atomic mass is 9.89. The van der Waals surface area contributed by atoms with Crippen LogP contribution in [0.2, 0.25) is 0 Å². The molecule has 0 spiro atoms. The summed E-state index contributed by atoms with van der Waals surface area (Å²) in [6.45, 7) is 2.70. The van der Waals surface area contributed by atoms with Crippen molar-refractivity contribution in [2.75, 3.05) is 20.7 Å². The highest BCUT2D eigenvalue weighted by molar-refractivity contribution is 6.05. The fraction of sp³-hybridized carbons (Fsp3) is 0.571. The van der Waals surface area contributed by atoms with E-state index in [0.29, 0.717) is 18.2 Å². The zero-order valence-corrected chi connectivity index (χ0v) is 15.7. The molecule has 0 saturated carbocycles. The average Bonchev–Trinajstić information content (AvgIpc) is 2.99. The van der Waals surface area contributed by atoms with Gasteiger partial charge in [0.15, 0.2) is 0 Å². The standard InChI is InChI=1S/C21H30N2O2/c1-4-5-6-7-13-25-21(24)16-9-8-10-19-20(16)17-14-15(23(2)3)11-12-18(17)22-19/h8-10,15,22H,4-7,11-14H2,1-3H3. The first-order valence-electron chi connectivity index (χ1n) is 9.57. The Morgan fingerprint density at radius 1 is 1.28 bits per heavy atom. The molecule has 0 aliphatic heterocycles. The Morgan fingerprint density at radius 3 is 2.88 bits per heavy atom.